The van der Waals surface area contributed by atoms with Crippen molar-refractivity contribution in [2.75, 3.05) is 5.32 Å². The monoisotopic (exact) mass is 299 g/mol. The molecular weight excluding hydrogens is 282 g/mol. The van der Waals surface area contributed by atoms with Gasteiger partial charge in [-0.1, -0.05) is 18.2 Å². The van der Waals surface area contributed by atoms with Gasteiger partial charge in [-0.05, 0) is 37.8 Å². The lowest BCUT2D eigenvalue weighted by Gasteiger charge is -2.11. The SMILES string of the molecule is Cc1c(C(=O)Nc2ccnn2C(C)C)sc2ccccc12. The van der Waals surface area contributed by atoms with Crippen molar-refractivity contribution < 1.29 is 4.79 Å². The van der Waals surface area contributed by atoms with Crippen LogP contribution in [-0.4, -0.2) is 15.7 Å². The van der Waals surface area contributed by atoms with Gasteiger partial charge in [0.2, 0.25) is 0 Å². The van der Waals surface area contributed by atoms with E-state index >= 15 is 0 Å². The van der Waals surface area contributed by atoms with E-state index in [1.54, 1.807) is 10.9 Å². The number of carbonyl (C=O) groups excluding carboxylic acids is 1. The fraction of sp³-hybridized carbons (Fsp3) is 0.250. The third-order valence-electron chi connectivity index (χ3n) is 3.45. The molecule has 5 heteroatoms. The zero-order chi connectivity index (χ0) is 15.0. The average molecular weight is 299 g/mol. The minimum atomic E-state index is -0.0731. The highest BCUT2D eigenvalue weighted by molar-refractivity contribution is 7.21. The molecular formula is C16H17N3OS. The molecule has 0 saturated carbocycles. The minimum Gasteiger partial charge on any atom is -0.306 e. The predicted octanol–water partition coefficient (Wildman–Crippen LogP) is 4.24. The number of aryl methyl sites for hydroxylation is 1. The zero-order valence-electron chi connectivity index (χ0n) is 12.3. The molecule has 0 aliphatic rings. The summed E-state index contributed by atoms with van der Waals surface area (Å²) < 4.78 is 2.94. The molecule has 2 heterocycles. The van der Waals surface area contributed by atoms with E-state index in [1.807, 2.05) is 45.0 Å². The Hall–Kier alpha value is -2.14. The maximum absolute atomic E-state index is 12.5. The first kappa shape index (κ1) is 13.8. The Morgan fingerprint density at radius 1 is 1.29 bits per heavy atom. The first-order valence-electron chi connectivity index (χ1n) is 6.91. The Balaban J connectivity index is 1.94. The number of benzene rings is 1. The van der Waals surface area contributed by atoms with Gasteiger partial charge in [0.1, 0.15) is 5.82 Å². The number of aromatic nitrogens is 2. The van der Waals surface area contributed by atoms with E-state index in [0.717, 1.165) is 26.3 Å². The Kier molecular flexibility index (Phi) is 3.51. The Morgan fingerprint density at radius 2 is 2.05 bits per heavy atom. The maximum atomic E-state index is 12.5. The molecule has 1 aromatic carbocycles. The molecule has 1 N–H and O–H groups in total. The predicted molar refractivity (Wildman–Crippen MR) is 87.1 cm³/mol. The summed E-state index contributed by atoms with van der Waals surface area (Å²) in [6.45, 7) is 6.06. The second-order valence-electron chi connectivity index (χ2n) is 5.26. The van der Waals surface area contributed by atoms with Crippen LogP contribution in [0.3, 0.4) is 0 Å². The molecule has 0 saturated heterocycles. The van der Waals surface area contributed by atoms with Gasteiger partial charge in [-0.15, -0.1) is 11.3 Å². The molecule has 21 heavy (non-hydrogen) atoms. The molecule has 108 valence electrons. The number of nitrogens with one attached hydrogen (secondary N) is 1. The van der Waals surface area contributed by atoms with Crippen molar-refractivity contribution in [2.45, 2.75) is 26.8 Å². The van der Waals surface area contributed by atoms with Crippen LogP contribution in [-0.2, 0) is 0 Å². The lowest BCUT2D eigenvalue weighted by atomic mass is 10.1. The third kappa shape index (κ3) is 2.45. The Bertz CT molecular complexity index is 801. The van der Waals surface area contributed by atoms with Crippen LogP contribution in [0.25, 0.3) is 10.1 Å². The van der Waals surface area contributed by atoms with Crippen molar-refractivity contribution in [1.82, 2.24) is 9.78 Å². The van der Waals surface area contributed by atoms with Gasteiger partial charge in [-0.3, -0.25) is 4.79 Å². The smallest absolute Gasteiger partial charge is 0.267 e. The van der Waals surface area contributed by atoms with E-state index in [-0.39, 0.29) is 11.9 Å². The van der Waals surface area contributed by atoms with Crippen molar-refractivity contribution in [3.63, 3.8) is 0 Å². The molecule has 0 bridgehead atoms. The summed E-state index contributed by atoms with van der Waals surface area (Å²) in [5.74, 6) is 0.656. The lowest BCUT2D eigenvalue weighted by molar-refractivity contribution is 0.102. The summed E-state index contributed by atoms with van der Waals surface area (Å²) >= 11 is 1.53. The molecule has 4 nitrogen and oxygen atoms in total. The molecule has 0 unspecified atom stereocenters. The Morgan fingerprint density at radius 3 is 2.76 bits per heavy atom. The fourth-order valence-corrected chi connectivity index (χ4v) is 3.49. The Labute approximate surface area is 127 Å². The average Bonchev–Trinajstić information content (AvgIpc) is 3.04. The maximum Gasteiger partial charge on any atom is 0.267 e. The van der Waals surface area contributed by atoms with Crippen LogP contribution in [0.15, 0.2) is 36.5 Å². The normalized spacial score (nSPS) is 11.2. The van der Waals surface area contributed by atoms with Crippen LogP contribution in [0.1, 0.15) is 35.1 Å². The number of carbonyl (C=O) groups is 1. The van der Waals surface area contributed by atoms with Gasteiger partial charge in [0, 0.05) is 16.8 Å². The highest BCUT2D eigenvalue weighted by atomic mass is 32.1. The van der Waals surface area contributed by atoms with E-state index in [2.05, 4.69) is 16.5 Å². The summed E-state index contributed by atoms with van der Waals surface area (Å²) in [4.78, 5) is 13.3. The van der Waals surface area contributed by atoms with Gasteiger partial charge < -0.3 is 5.32 Å². The molecule has 0 aliphatic heterocycles. The summed E-state index contributed by atoms with van der Waals surface area (Å²) in [5.41, 5.74) is 1.03. The summed E-state index contributed by atoms with van der Waals surface area (Å²) in [6.07, 6.45) is 1.70. The van der Waals surface area contributed by atoms with E-state index < -0.39 is 0 Å². The summed E-state index contributed by atoms with van der Waals surface area (Å²) in [5, 5.41) is 8.34. The van der Waals surface area contributed by atoms with Crippen molar-refractivity contribution in [1.29, 1.82) is 0 Å². The summed E-state index contributed by atoms with van der Waals surface area (Å²) in [6, 6.07) is 10.1. The van der Waals surface area contributed by atoms with Gasteiger partial charge in [-0.25, -0.2) is 4.68 Å². The molecule has 0 fully saturated rings. The molecule has 0 atom stereocenters. The molecule has 1 amide bonds. The largest absolute Gasteiger partial charge is 0.306 e. The first-order valence-corrected chi connectivity index (χ1v) is 7.72. The number of amides is 1. The van der Waals surface area contributed by atoms with Crippen LogP contribution in [0, 0.1) is 6.92 Å². The minimum absolute atomic E-state index is 0.0731. The highest BCUT2D eigenvalue weighted by Gasteiger charge is 2.17. The highest BCUT2D eigenvalue weighted by Crippen LogP contribution is 2.31. The number of hydrogen-bond acceptors (Lipinski definition) is 3. The lowest BCUT2D eigenvalue weighted by Crippen LogP contribution is -2.16. The standard InChI is InChI=1S/C16H17N3OS/c1-10(2)19-14(8-9-17-19)18-16(20)15-11(3)12-6-4-5-7-13(12)21-15/h4-10H,1-3H3,(H,18,20). The van der Waals surface area contributed by atoms with Crippen LogP contribution >= 0.6 is 11.3 Å². The molecule has 2 aromatic heterocycles. The number of rotatable bonds is 3. The van der Waals surface area contributed by atoms with E-state index in [4.69, 9.17) is 0 Å². The van der Waals surface area contributed by atoms with Gasteiger partial charge in [-0.2, -0.15) is 5.10 Å². The van der Waals surface area contributed by atoms with Gasteiger partial charge in [0.15, 0.2) is 0 Å². The van der Waals surface area contributed by atoms with Gasteiger partial charge in [0.25, 0.3) is 5.91 Å². The van der Waals surface area contributed by atoms with E-state index in [0.29, 0.717) is 0 Å². The fourth-order valence-electron chi connectivity index (χ4n) is 2.39. The molecule has 3 aromatic rings. The number of anilines is 1. The van der Waals surface area contributed by atoms with Crippen LogP contribution in [0.4, 0.5) is 5.82 Å². The molecule has 0 spiro atoms. The van der Waals surface area contributed by atoms with Gasteiger partial charge in [0.05, 0.1) is 11.1 Å². The van der Waals surface area contributed by atoms with Crippen LogP contribution in [0.2, 0.25) is 0 Å². The van der Waals surface area contributed by atoms with Crippen LogP contribution < -0.4 is 5.32 Å². The van der Waals surface area contributed by atoms with Gasteiger partial charge >= 0.3 is 0 Å². The first-order chi connectivity index (χ1) is 10.1. The third-order valence-corrected chi connectivity index (χ3v) is 4.72. The van der Waals surface area contributed by atoms with Crippen molar-refractivity contribution in [2.24, 2.45) is 0 Å². The second kappa shape index (κ2) is 5.33. The van der Waals surface area contributed by atoms with E-state index in [1.165, 1.54) is 11.3 Å². The quantitative estimate of drug-likeness (QED) is 0.786. The zero-order valence-corrected chi connectivity index (χ0v) is 13.1. The topological polar surface area (TPSA) is 46.9 Å². The second-order valence-corrected chi connectivity index (χ2v) is 6.31. The van der Waals surface area contributed by atoms with Crippen LogP contribution in [0.5, 0.6) is 0 Å². The van der Waals surface area contributed by atoms with Crippen molar-refractivity contribution in [3.05, 3.63) is 47.0 Å². The number of thiophene rings is 1. The number of nitrogens with zero attached hydrogens (tertiary/aromatic N) is 2. The van der Waals surface area contributed by atoms with Crippen molar-refractivity contribution in [3.8, 4) is 0 Å². The summed E-state index contributed by atoms with van der Waals surface area (Å²) in [7, 11) is 0. The number of fused-ring (bicyclic) bond motifs is 1. The van der Waals surface area contributed by atoms with Crippen molar-refractivity contribution >= 4 is 33.1 Å². The molecule has 3 rings (SSSR count). The van der Waals surface area contributed by atoms with E-state index in [9.17, 15) is 4.79 Å². The molecule has 0 radical (unpaired) electrons. The molecule has 0 aliphatic carbocycles. The number of hydrogen-bond donors (Lipinski definition) is 1.